The van der Waals surface area contributed by atoms with Gasteiger partial charge in [0.25, 0.3) is 0 Å². The Morgan fingerprint density at radius 3 is 2.42 bits per heavy atom. The molecule has 0 rings (SSSR count). The van der Waals surface area contributed by atoms with E-state index in [0.717, 1.165) is 6.42 Å². The molecule has 0 saturated heterocycles. The molecule has 4 nitrogen and oxygen atoms in total. The first-order valence-corrected chi connectivity index (χ1v) is 4.32. The number of aliphatic hydroxyl groups excluding tert-OH is 1. The van der Waals surface area contributed by atoms with Gasteiger partial charge in [0.05, 0.1) is 12.6 Å². The van der Waals surface area contributed by atoms with Gasteiger partial charge in [-0.25, -0.2) is 0 Å². The Balaban J connectivity index is 4.19. The number of azide groups is 1. The van der Waals surface area contributed by atoms with E-state index >= 15 is 0 Å². The smallest absolute Gasteiger partial charge is 0.0633 e. The minimum atomic E-state index is -0.273. The van der Waals surface area contributed by atoms with Crippen LogP contribution in [0.5, 0.6) is 0 Å². The van der Waals surface area contributed by atoms with Gasteiger partial charge in [0, 0.05) is 4.91 Å². The third kappa shape index (κ3) is 3.11. The lowest BCUT2D eigenvalue weighted by molar-refractivity contribution is 0.201. The number of hydrogen-bond acceptors (Lipinski definition) is 2. The van der Waals surface area contributed by atoms with Crippen molar-refractivity contribution in [3.8, 4) is 0 Å². The average molecular weight is 171 g/mol. The fraction of sp³-hybridized carbons (Fsp3) is 1.00. The molecule has 0 heterocycles. The zero-order chi connectivity index (χ0) is 9.56. The van der Waals surface area contributed by atoms with Gasteiger partial charge in [0.2, 0.25) is 0 Å². The molecule has 0 aliphatic carbocycles. The molecule has 1 N–H and O–H groups in total. The zero-order valence-corrected chi connectivity index (χ0v) is 7.94. The van der Waals surface area contributed by atoms with Crippen LogP contribution < -0.4 is 0 Å². The predicted molar refractivity (Wildman–Crippen MR) is 48.6 cm³/mol. The van der Waals surface area contributed by atoms with E-state index in [1.807, 2.05) is 6.92 Å². The third-order valence-electron chi connectivity index (χ3n) is 2.54. The maximum Gasteiger partial charge on any atom is 0.0633 e. The zero-order valence-electron chi connectivity index (χ0n) is 7.94. The summed E-state index contributed by atoms with van der Waals surface area (Å²) in [5, 5.41) is 12.4. The number of rotatable bonds is 5. The van der Waals surface area contributed by atoms with E-state index in [0.29, 0.717) is 5.92 Å². The maximum atomic E-state index is 8.91. The number of nitrogens with zero attached hydrogens (tertiary/aromatic N) is 3. The SMILES string of the molecule is CCC(C)C(C)C(CO)N=[N+]=[N-]. The predicted octanol–water partition coefficient (Wildman–Crippen LogP) is 2.34. The fourth-order valence-electron chi connectivity index (χ4n) is 1.13. The van der Waals surface area contributed by atoms with Crippen molar-refractivity contribution in [1.29, 1.82) is 0 Å². The van der Waals surface area contributed by atoms with Crippen LogP contribution in [0.25, 0.3) is 10.4 Å². The summed E-state index contributed by atoms with van der Waals surface area (Å²) in [6, 6.07) is -0.273. The van der Waals surface area contributed by atoms with Gasteiger partial charge in [-0.05, 0) is 17.4 Å². The van der Waals surface area contributed by atoms with Gasteiger partial charge in [0.1, 0.15) is 0 Å². The lowest BCUT2D eigenvalue weighted by Crippen LogP contribution is -2.24. The molecule has 0 aliphatic heterocycles. The van der Waals surface area contributed by atoms with Crippen LogP contribution in [0, 0.1) is 11.8 Å². The van der Waals surface area contributed by atoms with E-state index in [2.05, 4.69) is 23.9 Å². The first-order valence-electron chi connectivity index (χ1n) is 4.32. The molecule has 0 saturated carbocycles. The molecule has 70 valence electrons. The highest BCUT2D eigenvalue weighted by molar-refractivity contribution is 4.76. The monoisotopic (exact) mass is 171 g/mol. The fourth-order valence-corrected chi connectivity index (χ4v) is 1.13. The first-order chi connectivity index (χ1) is 5.67. The lowest BCUT2D eigenvalue weighted by atomic mass is 9.88. The van der Waals surface area contributed by atoms with Crippen LogP contribution in [0.4, 0.5) is 0 Å². The van der Waals surface area contributed by atoms with E-state index in [1.165, 1.54) is 0 Å². The van der Waals surface area contributed by atoms with Gasteiger partial charge in [0.15, 0.2) is 0 Å². The van der Waals surface area contributed by atoms with Crippen molar-refractivity contribution in [2.45, 2.75) is 33.2 Å². The van der Waals surface area contributed by atoms with Crippen LogP contribution in [0.2, 0.25) is 0 Å². The summed E-state index contributed by atoms with van der Waals surface area (Å²) in [6.45, 7) is 6.13. The molecule has 0 aliphatic rings. The Kier molecular flexibility index (Phi) is 5.51. The highest BCUT2D eigenvalue weighted by atomic mass is 16.3. The van der Waals surface area contributed by atoms with Crippen LogP contribution >= 0.6 is 0 Å². The third-order valence-corrected chi connectivity index (χ3v) is 2.54. The van der Waals surface area contributed by atoms with E-state index in [1.54, 1.807) is 0 Å². The molecule has 0 bridgehead atoms. The largest absolute Gasteiger partial charge is 0.396 e. The molecule has 0 aromatic heterocycles. The summed E-state index contributed by atoms with van der Waals surface area (Å²) >= 11 is 0. The highest BCUT2D eigenvalue weighted by Gasteiger charge is 2.19. The normalized spacial score (nSPS) is 17.7. The Bertz CT molecular complexity index is 166. The van der Waals surface area contributed by atoms with E-state index in [-0.39, 0.29) is 18.6 Å². The Morgan fingerprint density at radius 2 is 2.08 bits per heavy atom. The standard InChI is InChI=1S/C8H17N3O/c1-4-6(2)7(3)8(5-12)10-11-9/h6-8,12H,4-5H2,1-3H3. The molecule has 3 unspecified atom stereocenters. The molecule has 4 heteroatoms. The Labute approximate surface area is 73.2 Å². The molecular formula is C8H17N3O. The minimum Gasteiger partial charge on any atom is -0.396 e. The van der Waals surface area contributed by atoms with Crippen LogP contribution in [0.3, 0.4) is 0 Å². The molecular weight excluding hydrogens is 154 g/mol. The van der Waals surface area contributed by atoms with E-state index < -0.39 is 0 Å². The van der Waals surface area contributed by atoms with Crippen molar-refractivity contribution >= 4 is 0 Å². The van der Waals surface area contributed by atoms with Gasteiger partial charge in [-0.3, -0.25) is 0 Å². The van der Waals surface area contributed by atoms with E-state index in [4.69, 9.17) is 10.6 Å². The second kappa shape index (κ2) is 5.86. The van der Waals surface area contributed by atoms with Crippen LogP contribution in [0.15, 0.2) is 5.11 Å². The van der Waals surface area contributed by atoms with Gasteiger partial charge in [-0.15, -0.1) is 0 Å². The van der Waals surface area contributed by atoms with Crippen molar-refractivity contribution in [2.24, 2.45) is 17.0 Å². The summed E-state index contributed by atoms with van der Waals surface area (Å²) in [5.74, 6) is 0.726. The maximum absolute atomic E-state index is 8.91. The topological polar surface area (TPSA) is 69.0 Å². The van der Waals surface area contributed by atoms with Gasteiger partial charge < -0.3 is 5.11 Å². The summed E-state index contributed by atoms with van der Waals surface area (Å²) in [6.07, 6.45) is 1.04. The molecule has 0 aromatic rings. The summed E-state index contributed by atoms with van der Waals surface area (Å²) < 4.78 is 0. The Morgan fingerprint density at radius 1 is 1.50 bits per heavy atom. The quantitative estimate of drug-likeness (QED) is 0.385. The second-order valence-corrected chi connectivity index (χ2v) is 3.20. The van der Waals surface area contributed by atoms with Crippen molar-refractivity contribution in [2.75, 3.05) is 6.61 Å². The molecule has 3 atom stereocenters. The van der Waals surface area contributed by atoms with Gasteiger partial charge in [-0.2, -0.15) is 0 Å². The molecule has 0 spiro atoms. The highest BCUT2D eigenvalue weighted by Crippen LogP contribution is 2.20. The molecule has 0 aromatic carbocycles. The minimum absolute atomic E-state index is 0.0600. The summed E-state index contributed by atoms with van der Waals surface area (Å²) in [4.78, 5) is 2.71. The van der Waals surface area contributed by atoms with E-state index in [9.17, 15) is 0 Å². The summed E-state index contributed by atoms with van der Waals surface area (Å²) in [5.41, 5.74) is 8.22. The lowest BCUT2D eigenvalue weighted by Gasteiger charge is -2.22. The first kappa shape index (κ1) is 11.3. The number of hydrogen-bond donors (Lipinski definition) is 1. The second-order valence-electron chi connectivity index (χ2n) is 3.20. The van der Waals surface area contributed by atoms with Gasteiger partial charge >= 0.3 is 0 Å². The van der Waals surface area contributed by atoms with Crippen molar-refractivity contribution < 1.29 is 5.11 Å². The van der Waals surface area contributed by atoms with Crippen molar-refractivity contribution in [1.82, 2.24) is 0 Å². The van der Waals surface area contributed by atoms with Crippen LogP contribution in [-0.2, 0) is 0 Å². The van der Waals surface area contributed by atoms with Crippen molar-refractivity contribution in [3.05, 3.63) is 10.4 Å². The Hall–Kier alpha value is -0.730. The average Bonchev–Trinajstić information content (AvgIpc) is 2.11. The summed E-state index contributed by atoms with van der Waals surface area (Å²) in [7, 11) is 0. The molecule has 12 heavy (non-hydrogen) atoms. The number of aliphatic hydroxyl groups is 1. The molecule has 0 amide bonds. The van der Waals surface area contributed by atoms with Crippen molar-refractivity contribution in [3.63, 3.8) is 0 Å². The van der Waals surface area contributed by atoms with Crippen LogP contribution in [-0.4, -0.2) is 17.8 Å². The molecule has 0 radical (unpaired) electrons. The van der Waals surface area contributed by atoms with Gasteiger partial charge in [-0.1, -0.05) is 32.3 Å². The molecule has 0 fully saturated rings. The van der Waals surface area contributed by atoms with Crippen LogP contribution in [0.1, 0.15) is 27.2 Å².